The van der Waals surface area contributed by atoms with Crippen molar-refractivity contribution in [2.24, 2.45) is 11.7 Å². The molecule has 220 valence electrons. The molecule has 2 aliphatic rings. The molecule has 3 heterocycles. The molecule has 0 radical (unpaired) electrons. The third kappa shape index (κ3) is 6.45. The highest BCUT2D eigenvalue weighted by Crippen LogP contribution is 2.38. The van der Waals surface area contributed by atoms with Gasteiger partial charge in [0, 0.05) is 36.1 Å². The number of primary amides is 1. The standard InChI is InChI=1S/C27H33ClF2N8O3/c1-14(2)41-27(40)37-9-3-4-17(13-37)33-25-32-12-21-24(36-25)38(18-7-5-15(6-8-18)23(31)39)26(34-21)35-22-19(29)10-16(28)11-20(22)30/h10-12,14-15,17-18H,3-9,13H2,1-2H3,(H2,31,39)(H,34,35)(H,32,33,36)/t15?,17-,18?/m1/s1. The first-order valence-corrected chi connectivity index (χ1v) is 14.1. The Morgan fingerprint density at radius 2 is 1.83 bits per heavy atom. The fourth-order valence-electron chi connectivity index (χ4n) is 5.51. The summed E-state index contributed by atoms with van der Waals surface area (Å²) in [6, 6.07) is 1.78. The number of piperidine rings is 1. The Labute approximate surface area is 240 Å². The molecule has 2 aromatic heterocycles. The average molecular weight is 591 g/mol. The number of benzene rings is 1. The zero-order valence-electron chi connectivity index (χ0n) is 22.9. The van der Waals surface area contributed by atoms with Gasteiger partial charge in [-0.05, 0) is 64.5 Å². The number of anilines is 3. The van der Waals surface area contributed by atoms with E-state index in [0.29, 0.717) is 55.9 Å². The van der Waals surface area contributed by atoms with Crippen LogP contribution in [0.1, 0.15) is 58.4 Å². The fraction of sp³-hybridized carbons (Fsp3) is 0.519. The Bertz CT molecular complexity index is 1420. The van der Waals surface area contributed by atoms with Gasteiger partial charge >= 0.3 is 6.09 Å². The largest absolute Gasteiger partial charge is 0.447 e. The predicted molar refractivity (Wildman–Crippen MR) is 150 cm³/mol. The molecule has 5 rings (SSSR count). The number of nitrogens with two attached hydrogens (primary N) is 1. The molecular weight excluding hydrogens is 558 g/mol. The number of imidazole rings is 1. The van der Waals surface area contributed by atoms with E-state index in [4.69, 9.17) is 27.1 Å². The number of nitrogens with zero attached hydrogens (tertiary/aromatic N) is 5. The number of halogens is 3. The van der Waals surface area contributed by atoms with Crippen LogP contribution in [0.3, 0.4) is 0 Å². The van der Waals surface area contributed by atoms with Crippen molar-refractivity contribution in [2.75, 3.05) is 23.7 Å². The van der Waals surface area contributed by atoms with E-state index < -0.39 is 17.3 Å². The number of hydrogen-bond acceptors (Lipinski definition) is 8. The van der Waals surface area contributed by atoms with E-state index in [2.05, 4.69) is 20.6 Å². The molecule has 2 fully saturated rings. The number of nitrogens with one attached hydrogen (secondary N) is 2. The molecule has 1 aliphatic carbocycles. The molecule has 2 amide bonds. The highest BCUT2D eigenvalue weighted by molar-refractivity contribution is 6.30. The van der Waals surface area contributed by atoms with E-state index in [9.17, 15) is 18.4 Å². The molecule has 1 aliphatic heterocycles. The van der Waals surface area contributed by atoms with E-state index >= 15 is 0 Å². The monoisotopic (exact) mass is 590 g/mol. The smallest absolute Gasteiger partial charge is 0.410 e. The second-order valence-corrected chi connectivity index (χ2v) is 11.3. The Morgan fingerprint density at radius 1 is 1.12 bits per heavy atom. The topological polar surface area (TPSA) is 140 Å². The molecule has 1 atom stereocenters. The van der Waals surface area contributed by atoms with E-state index in [1.54, 1.807) is 15.7 Å². The molecule has 1 saturated heterocycles. The van der Waals surface area contributed by atoms with Gasteiger partial charge in [0.25, 0.3) is 0 Å². The zero-order chi connectivity index (χ0) is 29.3. The summed E-state index contributed by atoms with van der Waals surface area (Å²) < 4.78 is 36.5. The number of aromatic nitrogens is 4. The number of fused-ring (bicyclic) bond motifs is 1. The molecule has 11 nitrogen and oxygen atoms in total. The molecule has 41 heavy (non-hydrogen) atoms. The molecule has 14 heteroatoms. The quantitative estimate of drug-likeness (QED) is 0.344. The van der Waals surface area contributed by atoms with E-state index in [1.807, 2.05) is 13.8 Å². The number of rotatable bonds is 7. The first-order valence-electron chi connectivity index (χ1n) is 13.8. The Morgan fingerprint density at radius 3 is 2.49 bits per heavy atom. The highest BCUT2D eigenvalue weighted by Gasteiger charge is 2.30. The van der Waals surface area contributed by atoms with Crippen molar-refractivity contribution in [1.82, 2.24) is 24.4 Å². The summed E-state index contributed by atoms with van der Waals surface area (Å²) in [6.07, 6.45) is 4.92. The van der Waals surface area contributed by atoms with Crippen molar-refractivity contribution in [1.29, 1.82) is 0 Å². The number of ether oxygens (including phenoxy) is 1. The van der Waals surface area contributed by atoms with Gasteiger partial charge in [0.15, 0.2) is 17.3 Å². The Kier molecular flexibility index (Phi) is 8.43. The third-order valence-corrected chi connectivity index (χ3v) is 7.71. The lowest BCUT2D eigenvalue weighted by Gasteiger charge is -2.33. The minimum absolute atomic E-state index is 0.0656. The van der Waals surface area contributed by atoms with Crippen molar-refractivity contribution in [3.8, 4) is 0 Å². The third-order valence-electron chi connectivity index (χ3n) is 7.49. The normalized spacial score (nSPS) is 21.2. The van der Waals surface area contributed by atoms with Gasteiger partial charge in [-0.15, -0.1) is 0 Å². The molecule has 0 bridgehead atoms. The minimum atomic E-state index is -0.864. The maximum atomic E-state index is 14.7. The number of carbonyl (C=O) groups is 2. The highest BCUT2D eigenvalue weighted by atomic mass is 35.5. The summed E-state index contributed by atoms with van der Waals surface area (Å²) in [5.41, 5.74) is 6.04. The molecule has 1 saturated carbocycles. The molecule has 0 spiro atoms. The molecule has 0 unspecified atom stereocenters. The average Bonchev–Trinajstić information content (AvgIpc) is 3.27. The number of carbonyl (C=O) groups excluding carboxylic acids is 2. The molecule has 4 N–H and O–H groups in total. The van der Waals surface area contributed by atoms with Gasteiger partial charge in [-0.3, -0.25) is 9.36 Å². The van der Waals surface area contributed by atoms with Gasteiger partial charge in [-0.2, -0.15) is 4.98 Å². The predicted octanol–water partition coefficient (Wildman–Crippen LogP) is 5.14. The van der Waals surface area contributed by atoms with Crippen LogP contribution in [0.2, 0.25) is 5.02 Å². The van der Waals surface area contributed by atoms with Gasteiger partial charge in [0.05, 0.1) is 12.3 Å². The first kappa shape index (κ1) is 28.8. The first-order chi connectivity index (χ1) is 19.6. The van der Waals surface area contributed by atoms with Gasteiger partial charge < -0.3 is 26.0 Å². The Hall–Kier alpha value is -3.74. The van der Waals surface area contributed by atoms with E-state index in [-0.39, 0.29) is 47.1 Å². The van der Waals surface area contributed by atoms with Crippen LogP contribution in [0, 0.1) is 17.6 Å². The summed E-state index contributed by atoms with van der Waals surface area (Å²) in [7, 11) is 0. The SMILES string of the molecule is CC(C)OC(=O)N1CCC[C@@H](Nc2ncc3nc(Nc4c(F)cc(Cl)cc4F)n(C4CCC(C(N)=O)CC4)c3n2)C1. The van der Waals surface area contributed by atoms with Crippen molar-refractivity contribution in [3.63, 3.8) is 0 Å². The maximum absolute atomic E-state index is 14.7. The Balaban J connectivity index is 1.45. The molecule has 3 aromatic rings. The summed E-state index contributed by atoms with van der Waals surface area (Å²) in [5, 5.41) is 6.05. The lowest BCUT2D eigenvalue weighted by atomic mass is 9.85. The zero-order valence-corrected chi connectivity index (χ0v) is 23.6. The van der Waals surface area contributed by atoms with Crippen molar-refractivity contribution >= 4 is 52.3 Å². The van der Waals surface area contributed by atoms with Gasteiger partial charge in [0.2, 0.25) is 17.8 Å². The van der Waals surface area contributed by atoms with E-state index in [0.717, 1.165) is 25.0 Å². The molecule has 1 aromatic carbocycles. The number of hydrogen-bond donors (Lipinski definition) is 3. The van der Waals surface area contributed by atoms with Crippen LogP contribution < -0.4 is 16.4 Å². The van der Waals surface area contributed by atoms with Crippen molar-refractivity contribution in [2.45, 2.75) is 70.6 Å². The maximum Gasteiger partial charge on any atom is 0.410 e. The number of likely N-dealkylation sites (tertiary alicyclic amines) is 1. The summed E-state index contributed by atoms with van der Waals surface area (Å²) in [6.45, 7) is 4.66. The lowest BCUT2D eigenvalue weighted by molar-refractivity contribution is -0.122. The van der Waals surface area contributed by atoms with Crippen LogP contribution in [0.5, 0.6) is 0 Å². The summed E-state index contributed by atoms with van der Waals surface area (Å²) in [5.74, 6) is -1.77. The van der Waals surface area contributed by atoms with Crippen molar-refractivity contribution < 1.29 is 23.1 Å². The molecular formula is C27H33ClF2N8O3. The fourth-order valence-corrected chi connectivity index (χ4v) is 5.70. The van der Waals surface area contributed by atoms with Gasteiger partial charge in [-0.1, -0.05) is 11.6 Å². The number of amides is 2. The van der Waals surface area contributed by atoms with Crippen LogP contribution in [0.4, 0.5) is 31.2 Å². The van der Waals surface area contributed by atoms with Crippen LogP contribution in [0.25, 0.3) is 11.2 Å². The second-order valence-electron chi connectivity index (χ2n) is 10.8. The van der Waals surface area contributed by atoms with Crippen LogP contribution in [-0.2, 0) is 9.53 Å². The van der Waals surface area contributed by atoms with E-state index in [1.165, 1.54) is 0 Å². The van der Waals surface area contributed by atoms with Crippen LogP contribution in [0.15, 0.2) is 18.3 Å². The summed E-state index contributed by atoms with van der Waals surface area (Å²) in [4.78, 5) is 39.6. The van der Waals surface area contributed by atoms with Gasteiger partial charge in [0.1, 0.15) is 11.2 Å². The lowest BCUT2D eigenvalue weighted by Crippen LogP contribution is -2.46. The minimum Gasteiger partial charge on any atom is -0.447 e. The van der Waals surface area contributed by atoms with Gasteiger partial charge in [-0.25, -0.2) is 23.5 Å². The second kappa shape index (κ2) is 12.0. The van der Waals surface area contributed by atoms with Crippen LogP contribution >= 0.6 is 11.6 Å². The van der Waals surface area contributed by atoms with Crippen molar-refractivity contribution in [3.05, 3.63) is 35.0 Å². The van der Waals surface area contributed by atoms with Crippen LogP contribution in [-0.4, -0.2) is 61.7 Å². The summed E-state index contributed by atoms with van der Waals surface area (Å²) >= 11 is 5.81.